The summed E-state index contributed by atoms with van der Waals surface area (Å²) in [6, 6.07) is 0. The normalized spacial score (nSPS) is 29.3. The first kappa shape index (κ1) is 13.0. The Morgan fingerprint density at radius 3 is 2.27 bits per heavy atom. The van der Waals surface area contributed by atoms with Gasteiger partial charge in [-0.15, -0.1) is 0 Å². The molecule has 1 aliphatic rings. The molecule has 4 heteroatoms. The minimum absolute atomic E-state index is 0.0157. The molecule has 1 aliphatic heterocycles. The zero-order valence-electron chi connectivity index (χ0n) is 10.2. The molecule has 1 heterocycles. The Morgan fingerprint density at radius 2 is 1.93 bits per heavy atom. The Bertz CT molecular complexity index is 330. The number of sulfone groups is 1. The third-order valence-corrected chi connectivity index (χ3v) is 6.71. The van der Waals surface area contributed by atoms with Crippen LogP contribution in [0.5, 0.6) is 0 Å². The molecule has 0 bridgehead atoms. The van der Waals surface area contributed by atoms with Crippen LogP contribution in [0.1, 0.15) is 40.5 Å². The van der Waals surface area contributed by atoms with Gasteiger partial charge in [0.2, 0.25) is 0 Å². The van der Waals surface area contributed by atoms with E-state index in [4.69, 9.17) is 5.73 Å². The predicted molar refractivity (Wildman–Crippen MR) is 63.4 cm³/mol. The quantitative estimate of drug-likeness (QED) is 0.805. The molecule has 90 valence electrons. The first-order chi connectivity index (χ1) is 6.65. The van der Waals surface area contributed by atoms with Crippen LogP contribution in [0.3, 0.4) is 0 Å². The van der Waals surface area contributed by atoms with Crippen molar-refractivity contribution in [1.29, 1.82) is 0 Å². The zero-order chi connectivity index (χ0) is 11.9. The van der Waals surface area contributed by atoms with Gasteiger partial charge in [0.15, 0.2) is 9.84 Å². The van der Waals surface area contributed by atoms with Crippen molar-refractivity contribution in [2.24, 2.45) is 17.1 Å². The van der Waals surface area contributed by atoms with Crippen molar-refractivity contribution in [3.63, 3.8) is 0 Å². The average molecular weight is 233 g/mol. The molecule has 0 spiro atoms. The van der Waals surface area contributed by atoms with Gasteiger partial charge in [0.1, 0.15) is 0 Å². The third kappa shape index (κ3) is 2.07. The molecule has 3 nitrogen and oxygen atoms in total. The van der Waals surface area contributed by atoms with Crippen molar-refractivity contribution >= 4 is 9.84 Å². The van der Waals surface area contributed by atoms with Gasteiger partial charge in [-0.2, -0.15) is 0 Å². The Hall–Kier alpha value is -0.0900. The maximum atomic E-state index is 11.9. The van der Waals surface area contributed by atoms with Gasteiger partial charge in [-0.3, -0.25) is 0 Å². The minimum atomic E-state index is -2.92. The lowest BCUT2D eigenvalue weighted by atomic mass is 9.69. The highest BCUT2D eigenvalue weighted by Gasteiger charge is 2.52. The summed E-state index contributed by atoms with van der Waals surface area (Å²) >= 11 is 0. The molecule has 1 rings (SSSR count). The molecule has 0 amide bonds. The fourth-order valence-electron chi connectivity index (χ4n) is 2.98. The molecule has 0 radical (unpaired) electrons. The number of rotatable bonds is 3. The Kier molecular flexibility index (Phi) is 3.23. The molecule has 0 aliphatic carbocycles. The Balaban J connectivity index is 3.01. The van der Waals surface area contributed by atoms with Crippen molar-refractivity contribution in [1.82, 2.24) is 0 Å². The van der Waals surface area contributed by atoms with Crippen LogP contribution in [0.15, 0.2) is 0 Å². The highest BCUT2D eigenvalue weighted by atomic mass is 32.2. The molecule has 0 aromatic rings. The fraction of sp³-hybridized carbons (Fsp3) is 1.00. The van der Waals surface area contributed by atoms with E-state index >= 15 is 0 Å². The third-order valence-electron chi connectivity index (χ3n) is 4.05. The van der Waals surface area contributed by atoms with Crippen molar-refractivity contribution in [2.45, 2.75) is 45.3 Å². The van der Waals surface area contributed by atoms with Crippen molar-refractivity contribution in [3.8, 4) is 0 Å². The van der Waals surface area contributed by atoms with Crippen LogP contribution in [0, 0.1) is 11.3 Å². The van der Waals surface area contributed by atoms with Gasteiger partial charge in [-0.05, 0) is 44.6 Å². The molecule has 0 aromatic carbocycles. The summed E-state index contributed by atoms with van der Waals surface area (Å²) in [7, 11) is -2.92. The molecule has 1 atom stereocenters. The van der Waals surface area contributed by atoms with Gasteiger partial charge >= 0.3 is 0 Å². The lowest BCUT2D eigenvalue weighted by Crippen LogP contribution is -2.42. The predicted octanol–water partition coefficient (Wildman–Crippen LogP) is 1.57. The number of hydrogen-bond donors (Lipinski definition) is 1. The summed E-state index contributed by atoms with van der Waals surface area (Å²) in [6.45, 7) is 8.61. The van der Waals surface area contributed by atoms with E-state index < -0.39 is 14.6 Å². The maximum Gasteiger partial charge on any atom is 0.155 e. The zero-order valence-corrected chi connectivity index (χ0v) is 11.0. The van der Waals surface area contributed by atoms with E-state index in [1.807, 2.05) is 13.8 Å². The largest absolute Gasteiger partial charge is 0.330 e. The highest BCUT2D eigenvalue weighted by Crippen LogP contribution is 2.48. The van der Waals surface area contributed by atoms with Crippen LogP contribution in [0.2, 0.25) is 0 Å². The molecule has 1 unspecified atom stereocenters. The van der Waals surface area contributed by atoms with Crippen molar-refractivity contribution in [2.75, 3.05) is 12.3 Å². The summed E-state index contributed by atoms with van der Waals surface area (Å²) in [5.74, 6) is 0.553. The van der Waals surface area contributed by atoms with E-state index in [1.165, 1.54) is 0 Å². The minimum Gasteiger partial charge on any atom is -0.330 e. The molecule has 2 N–H and O–H groups in total. The van der Waals surface area contributed by atoms with Crippen molar-refractivity contribution < 1.29 is 8.42 Å². The first-order valence-corrected chi connectivity index (χ1v) is 7.23. The number of hydrogen-bond acceptors (Lipinski definition) is 3. The van der Waals surface area contributed by atoms with Gasteiger partial charge in [0.05, 0.1) is 10.5 Å². The highest BCUT2D eigenvalue weighted by molar-refractivity contribution is 7.93. The van der Waals surface area contributed by atoms with Crippen LogP contribution >= 0.6 is 0 Å². The molecule has 1 fully saturated rings. The second kappa shape index (κ2) is 3.74. The summed E-state index contributed by atoms with van der Waals surface area (Å²) in [5, 5.41) is 0. The summed E-state index contributed by atoms with van der Waals surface area (Å²) < 4.78 is 23.2. The molecule has 0 saturated carbocycles. The van der Waals surface area contributed by atoms with Gasteiger partial charge in [0, 0.05) is 0 Å². The van der Waals surface area contributed by atoms with Crippen molar-refractivity contribution in [3.05, 3.63) is 0 Å². The number of nitrogens with two attached hydrogens (primary N) is 1. The monoisotopic (exact) mass is 233 g/mol. The lowest BCUT2D eigenvalue weighted by molar-refractivity contribution is 0.166. The molecular weight excluding hydrogens is 210 g/mol. The Morgan fingerprint density at radius 1 is 1.40 bits per heavy atom. The molecular formula is C11H23NO2S. The summed E-state index contributed by atoms with van der Waals surface area (Å²) in [6.07, 6.45) is 1.67. The second-order valence-corrected chi connectivity index (χ2v) is 8.48. The standard InChI is InChI=1S/C11H23NO2S/c1-10(2,6-7-12)9-5-8-15(13,14)11(9,3)4/h9H,5-8,12H2,1-4H3. The Labute approximate surface area is 93.3 Å². The smallest absolute Gasteiger partial charge is 0.155 e. The summed E-state index contributed by atoms with van der Waals surface area (Å²) in [4.78, 5) is 0. The van der Waals surface area contributed by atoms with Crippen LogP contribution in [0.25, 0.3) is 0 Å². The molecule has 15 heavy (non-hydrogen) atoms. The van der Waals surface area contributed by atoms with E-state index in [2.05, 4.69) is 13.8 Å². The van der Waals surface area contributed by atoms with Gasteiger partial charge in [-0.25, -0.2) is 8.42 Å². The fourth-order valence-corrected chi connectivity index (χ4v) is 4.92. The van der Waals surface area contributed by atoms with Crippen LogP contribution < -0.4 is 5.73 Å². The average Bonchev–Trinajstić information content (AvgIpc) is 2.22. The van der Waals surface area contributed by atoms with Crippen LogP contribution in [-0.4, -0.2) is 25.5 Å². The SMILES string of the molecule is CC(C)(CCN)C1CCS(=O)(=O)C1(C)C. The second-order valence-electron chi connectivity index (χ2n) is 5.79. The van der Waals surface area contributed by atoms with Gasteiger partial charge < -0.3 is 5.73 Å². The van der Waals surface area contributed by atoms with E-state index in [-0.39, 0.29) is 11.3 Å². The molecule has 1 saturated heterocycles. The maximum absolute atomic E-state index is 11.9. The van der Waals surface area contributed by atoms with E-state index in [1.54, 1.807) is 0 Å². The van der Waals surface area contributed by atoms with Crippen LogP contribution in [0.4, 0.5) is 0 Å². The lowest BCUT2D eigenvalue weighted by Gasteiger charge is -2.39. The van der Waals surface area contributed by atoms with E-state index in [9.17, 15) is 8.42 Å². The topological polar surface area (TPSA) is 60.2 Å². The molecule has 0 aromatic heterocycles. The van der Waals surface area contributed by atoms with E-state index in [0.717, 1.165) is 12.8 Å². The van der Waals surface area contributed by atoms with Gasteiger partial charge in [-0.1, -0.05) is 13.8 Å². The van der Waals surface area contributed by atoms with Gasteiger partial charge in [0.25, 0.3) is 0 Å². The summed E-state index contributed by atoms with van der Waals surface area (Å²) in [5.41, 5.74) is 5.60. The first-order valence-electron chi connectivity index (χ1n) is 5.57. The van der Waals surface area contributed by atoms with E-state index in [0.29, 0.717) is 12.3 Å². The van der Waals surface area contributed by atoms with Crippen LogP contribution in [-0.2, 0) is 9.84 Å².